The molecule has 0 bridgehead atoms. The Labute approximate surface area is 92.4 Å². The molecule has 0 heterocycles. The van der Waals surface area contributed by atoms with Crippen molar-refractivity contribution in [2.45, 2.75) is 32.0 Å². The second-order valence-electron chi connectivity index (χ2n) is 3.25. The molecule has 3 nitrogen and oxygen atoms in total. The first-order chi connectivity index (χ1) is 7.35. The summed E-state index contributed by atoms with van der Waals surface area (Å²) >= 11 is 0. The maximum Gasteiger partial charge on any atom is 0.158 e. The van der Waals surface area contributed by atoms with Gasteiger partial charge in [-0.2, -0.15) is 0 Å². The van der Waals surface area contributed by atoms with E-state index < -0.39 is 0 Å². The lowest BCUT2D eigenvalue weighted by Crippen LogP contribution is -2.17. The number of rotatable bonds is 11. The highest BCUT2D eigenvalue weighted by molar-refractivity contribution is 4.67. The second-order valence-corrected chi connectivity index (χ2v) is 3.25. The molecule has 0 spiro atoms. The van der Waals surface area contributed by atoms with Gasteiger partial charge in [0.05, 0.1) is 13.2 Å². The van der Waals surface area contributed by atoms with Gasteiger partial charge in [0.2, 0.25) is 0 Å². The summed E-state index contributed by atoms with van der Waals surface area (Å²) in [5, 5.41) is 8.63. The molecule has 0 unspecified atom stereocenters. The van der Waals surface area contributed by atoms with E-state index in [1.54, 1.807) is 12.2 Å². The topological polar surface area (TPSA) is 38.7 Å². The molecule has 0 fully saturated rings. The van der Waals surface area contributed by atoms with Crippen LogP contribution < -0.4 is 0 Å². The molecule has 3 heteroatoms. The molecule has 0 aromatic rings. The SMILES string of the molecule is C=CCOC(CCCCCO)OCC=C. The predicted octanol–water partition coefficient (Wildman–Crippen LogP) is 2.27. The van der Waals surface area contributed by atoms with Gasteiger partial charge < -0.3 is 14.6 Å². The van der Waals surface area contributed by atoms with Crippen molar-refractivity contribution in [2.24, 2.45) is 0 Å². The summed E-state index contributed by atoms with van der Waals surface area (Å²) in [5.74, 6) is 0. The van der Waals surface area contributed by atoms with E-state index >= 15 is 0 Å². The van der Waals surface area contributed by atoms with Crippen LogP contribution in [-0.2, 0) is 9.47 Å². The molecule has 0 aromatic heterocycles. The van der Waals surface area contributed by atoms with Crippen LogP contribution in [0, 0.1) is 0 Å². The first-order valence-corrected chi connectivity index (χ1v) is 5.41. The van der Waals surface area contributed by atoms with Crippen LogP contribution in [0.25, 0.3) is 0 Å². The van der Waals surface area contributed by atoms with Crippen LogP contribution in [0.4, 0.5) is 0 Å². The lowest BCUT2D eigenvalue weighted by molar-refractivity contribution is -0.131. The minimum Gasteiger partial charge on any atom is -0.396 e. The fourth-order valence-corrected chi connectivity index (χ4v) is 1.17. The largest absolute Gasteiger partial charge is 0.396 e. The lowest BCUT2D eigenvalue weighted by atomic mass is 10.2. The van der Waals surface area contributed by atoms with Crippen LogP contribution in [0.1, 0.15) is 25.7 Å². The highest BCUT2D eigenvalue weighted by Crippen LogP contribution is 2.08. The first kappa shape index (κ1) is 14.4. The molecule has 0 amide bonds. The zero-order valence-corrected chi connectivity index (χ0v) is 9.36. The van der Waals surface area contributed by atoms with Crippen molar-refractivity contribution in [2.75, 3.05) is 19.8 Å². The van der Waals surface area contributed by atoms with E-state index in [0.717, 1.165) is 25.7 Å². The normalized spacial score (nSPS) is 10.5. The van der Waals surface area contributed by atoms with Gasteiger partial charge in [0.25, 0.3) is 0 Å². The minimum atomic E-state index is -0.181. The third-order valence-electron chi connectivity index (χ3n) is 1.90. The zero-order valence-electron chi connectivity index (χ0n) is 9.36. The molecule has 0 aliphatic heterocycles. The summed E-state index contributed by atoms with van der Waals surface area (Å²) in [4.78, 5) is 0. The fourth-order valence-electron chi connectivity index (χ4n) is 1.17. The van der Waals surface area contributed by atoms with Crippen LogP contribution in [0.2, 0.25) is 0 Å². The number of hydrogen-bond acceptors (Lipinski definition) is 3. The number of hydrogen-bond donors (Lipinski definition) is 1. The smallest absolute Gasteiger partial charge is 0.158 e. The van der Waals surface area contributed by atoms with Crippen molar-refractivity contribution >= 4 is 0 Å². The van der Waals surface area contributed by atoms with Gasteiger partial charge in [-0.15, -0.1) is 13.2 Å². The molecular formula is C12H22O3. The fraction of sp³-hybridized carbons (Fsp3) is 0.667. The minimum absolute atomic E-state index is 0.181. The summed E-state index contributed by atoms with van der Waals surface area (Å²) < 4.78 is 10.8. The number of aliphatic hydroxyl groups is 1. The summed E-state index contributed by atoms with van der Waals surface area (Å²) in [6.07, 6.45) is 6.93. The van der Waals surface area contributed by atoms with E-state index in [1.165, 1.54) is 0 Å². The Morgan fingerprint density at radius 2 is 1.60 bits per heavy atom. The molecule has 0 aliphatic carbocycles. The molecule has 0 atom stereocenters. The molecule has 0 aromatic carbocycles. The number of unbranched alkanes of at least 4 members (excludes halogenated alkanes) is 2. The van der Waals surface area contributed by atoms with Gasteiger partial charge in [0.1, 0.15) is 0 Å². The Hall–Kier alpha value is -0.640. The summed E-state index contributed by atoms with van der Waals surface area (Å²) in [6.45, 7) is 8.44. The van der Waals surface area contributed by atoms with E-state index in [-0.39, 0.29) is 12.9 Å². The third kappa shape index (κ3) is 9.66. The van der Waals surface area contributed by atoms with Crippen molar-refractivity contribution in [3.8, 4) is 0 Å². The number of ether oxygens (including phenoxy) is 2. The Balaban J connectivity index is 3.58. The number of aliphatic hydroxyl groups excluding tert-OH is 1. The average Bonchev–Trinajstić information content (AvgIpc) is 2.27. The highest BCUT2D eigenvalue weighted by atomic mass is 16.7. The van der Waals surface area contributed by atoms with E-state index in [4.69, 9.17) is 14.6 Å². The van der Waals surface area contributed by atoms with E-state index in [0.29, 0.717) is 13.2 Å². The van der Waals surface area contributed by atoms with Crippen LogP contribution in [0.15, 0.2) is 25.3 Å². The first-order valence-electron chi connectivity index (χ1n) is 5.41. The maximum atomic E-state index is 8.63. The van der Waals surface area contributed by atoms with E-state index in [2.05, 4.69) is 13.2 Å². The average molecular weight is 214 g/mol. The van der Waals surface area contributed by atoms with Crippen LogP contribution in [0.5, 0.6) is 0 Å². The molecule has 0 rings (SSSR count). The molecule has 15 heavy (non-hydrogen) atoms. The van der Waals surface area contributed by atoms with Gasteiger partial charge in [-0.3, -0.25) is 0 Å². The van der Waals surface area contributed by atoms with Gasteiger partial charge in [0, 0.05) is 6.61 Å². The van der Waals surface area contributed by atoms with Crippen molar-refractivity contribution in [1.82, 2.24) is 0 Å². The molecule has 1 N–H and O–H groups in total. The van der Waals surface area contributed by atoms with E-state index in [1.807, 2.05) is 0 Å². The van der Waals surface area contributed by atoms with Crippen molar-refractivity contribution in [1.29, 1.82) is 0 Å². The lowest BCUT2D eigenvalue weighted by Gasteiger charge is -2.16. The Morgan fingerprint density at radius 1 is 1.00 bits per heavy atom. The molecule has 0 aliphatic rings. The second kappa shape index (κ2) is 11.4. The molecule has 88 valence electrons. The maximum absolute atomic E-state index is 8.63. The van der Waals surface area contributed by atoms with Crippen LogP contribution in [-0.4, -0.2) is 31.2 Å². The predicted molar refractivity (Wildman–Crippen MR) is 61.6 cm³/mol. The quantitative estimate of drug-likeness (QED) is 0.326. The standard InChI is InChI=1S/C12H22O3/c1-3-10-14-12(15-11-4-2)8-6-5-7-9-13/h3-4,12-13H,1-2,5-11H2. The van der Waals surface area contributed by atoms with Crippen LogP contribution >= 0.6 is 0 Å². The molecular weight excluding hydrogens is 192 g/mol. The zero-order chi connectivity index (χ0) is 11.4. The summed E-state index contributed by atoms with van der Waals surface area (Å²) in [6, 6.07) is 0. The Bertz CT molecular complexity index is 145. The van der Waals surface area contributed by atoms with Gasteiger partial charge in [-0.1, -0.05) is 18.6 Å². The van der Waals surface area contributed by atoms with Gasteiger partial charge >= 0.3 is 0 Å². The van der Waals surface area contributed by atoms with Crippen LogP contribution in [0.3, 0.4) is 0 Å². The molecule has 0 saturated heterocycles. The molecule has 0 saturated carbocycles. The molecule has 0 radical (unpaired) electrons. The third-order valence-corrected chi connectivity index (χ3v) is 1.90. The summed E-state index contributed by atoms with van der Waals surface area (Å²) in [5.41, 5.74) is 0. The summed E-state index contributed by atoms with van der Waals surface area (Å²) in [7, 11) is 0. The Morgan fingerprint density at radius 3 is 2.07 bits per heavy atom. The van der Waals surface area contributed by atoms with Crippen molar-refractivity contribution in [3.63, 3.8) is 0 Å². The van der Waals surface area contributed by atoms with Gasteiger partial charge in [-0.05, 0) is 19.3 Å². The van der Waals surface area contributed by atoms with Gasteiger partial charge in [0.15, 0.2) is 6.29 Å². The van der Waals surface area contributed by atoms with Crippen molar-refractivity contribution < 1.29 is 14.6 Å². The highest BCUT2D eigenvalue weighted by Gasteiger charge is 2.07. The monoisotopic (exact) mass is 214 g/mol. The van der Waals surface area contributed by atoms with Gasteiger partial charge in [-0.25, -0.2) is 0 Å². The van der Waals surface area contributed by atoms with E-state index in [9.17, 15) is 0 Å². The Kier molecular flexibility index (Phi) is 10.9. The van der Waals surface area contributed by atoms with Crippen molar-refractivity contribution in [3.05, 3.63) is 25.3 Å².